The molecule has 16 heavy (non-hydrogen) atoms. The van der Waals surface area contributed by atoms with Crippen molar-refractivity contribution in [2.45, 2.75) is 33.1 Å². The second kappa shape index (κ2) is 6.14. The van der Waals surface area contributed by atoms with Gasteiger partial charge in [0.15, 0.2) is 0 Å². The molecule has 0 heterocycles. The molecule has 0 atom stereocenters. The Morgan fingerprint density at radius 2 is 1.75 bits per heavy atom. The molecule has 0 radical (unpaired) electrons. The molecule has 0 amide bonds. The van der Waals surface area contributed by atoms with Crippen LogP contribution in [0.2, 0.25) is 10.0 Å². The predicted octanol–water partition coefficient (Wildman–Crippen LogP) is 5.58. The highest BCUT2D eigenvalue weighted by atomic mass is 35.5. The normalized spacial score (nSPS) is 11.8. The molecule has 3 heteroatoms. The van der Waals surface area contributed by atoms with Crippen molar-refractivity contribution in [2.24, 2.45) is 5.41 Å². The lowest BCUT2D eigenvalue weighted by Crippen LogP contribution is -2.24. The third-order valence-electron chi connectivity index (χ3n) is 3.36. The first-order chi connectivity index (χ1) is 7.56. The van der Waals surface area contributed by atoms with Gasteiger partial charge in [-0.3, -0.25) is 0 Å². The fraction of sp³-hybridized carbons (Fsp3) is 0.538. The summed E-state index contributed by atoms with van der Waals surface area (Å²) in [6, 6.07) is 5.60. The van der Waals surface area contributed by atoms with Gasteiger partial charge in [0, 0.05) is 15.9 Å². The van der Waals surface area contributed by atoms with E-state index >= 15 is 0 Å². The Labute approximate surface area is 113 Å². The van der Waals surface area contributed by atoms with Crippen LogP contribution in [0, 0.1) is 5.41 Å². The molecule has 1 rings (SSSR count). The number of hydrogen-bond acceptors (Lipinski definition) is 0. The molecule has 0 nitrogen and oxygen atoms in total. The maximum atomic E-state index is 6.17. The third kappa shape index (κ3) is 3.29. The molecule has 1 aromatic carbocycles. The number of hydrogen-bond donors (Lipinski definition) is 0. The smallest absolute Gasteiger partial charge is 0.0439 e. The quantitative estimate of drug-likeness (QED) is 0.617. The van der Waals surface area contributed by atoms with Gasteiger partial charge in [0.1, 0.15) is 0 Å². The molecule has 0 aromatic heterocycles. The van der Waals surface area contributed by atoms with Gasteiger partial charge >= 0.3 is 0 Å². The molecular formula is C13H17Cl3. The van der Waals surface area contributed by atoms with E-state index in [1.54, 1.807) is 0 Å². The summed E-state index contributed by atoms with van der Waals surface area (Å²) >= 11 is 18.2. The van der Waals surface area contributed by atoms with Crippen molar-refractivity contribution in [1.82, 2.24) is 0 Å². The van der Waals surface area contributed by atoms with E-state index in [1.165, 1.54) is 0 Å². The maximum absolute atomic E-state index is 6.17. The highest BCUT2D eigenvalue weighted by Gasteiger charge is 2.26. The molecule has 0 fully saturated rings. The Hall–Kier alpha value is 0.0900. The molecule has 0 unspecified atom stereocenters. The van der Waals surface area contributed by atoms with Crippen LogP contribution in [0.5, 0.6) is 0 Å². The highest BCUT2D eigenvalue weighted by molar-refractivity contribution is 6.33. The molecule has 0 saturated carbocycles. The predicted molar refractivity (Wildman–Crippen MR) is 73.9 cm³/mol. The molecule has 1 aromatic rings. The summed E-state index contributed by atoms with van der Waals surface area (Å²) in [4.78, 5) is 0. The van der Waals surface area contributed by atoms with Crippen LogP contribution in [0.25, 0.3) is 0 Å². The average Bonchev–Trinajstić information content (AvgIpc) is 2.31. The van der Waals surface area contributed by atoms with Crippen molar-refractivity contribution < 1.29 is 0 Å². The standard InChI is InChI=1S/C13H17Cl3/c1-3-13(4-2,9-14)8-10-7-11(15)5-6-12(10)16/h5-7H,3-4,8-9H2,1-2H3. The molecule has 0 saturated heterocycles. The van der Waals surface area contributed by atoms with Gasteiger partial charge in [0.25, 0.3) is 0 Å². The van der Waals surface area contributed by atoms with E-state index in [9.17, 15) is 0 Å². The van der Waals surface area contributed by atoms with E-state index in [0.29, 0.717) is 5.88 Å². The molecule has 0 spiro atoms. The number of benzene rings is 1. The zero-order valence-corrected chi connectivity index (χ0v) is 12.0. The van der Waals surface area contributed by atoms with Crippen LogP contribution < -0.4 is 0 Å². The Morgan fingerprint density at radius 1 is 1.12 bits per heavy atom. The molecule has 0 bridgehead atoms. The Morgan fingerprint density at radius 3 is 2.25 bits per heavy atom. The van der Waals surface area contributed by atoms with Gasteiger partial charge in [-0.1, -0.05) is 37.0 Å². The van der Waals surface area contributed by atoms with E-state index in [4.69, 9.17) is 34.8 Å². The van der Waals surface area contributed by atoms with Gasteiger partial charge in [0.05, 0.1) is 0 Å². The van der Waals surface area contributed by atoms with Gasteiger partial charge in [-0.2, -0.15) is 0 Å². The van der Waals surface area contributed by atoms with Crippen LogP contribution in [0.3, 0.4) is 0 Å². The van der Waals surface area contributed by atoms with Crippen LogP contribution in [-0.4, -0.2) is 5.88 Å². The number of alkyl halides is 1. The molecule has 90 valence electrons. The van der Waals surface area contributed by atoms with Crippen LogP contribution in [0.1, 0.15) is 32.3 Å². The summed E-state index contributed by atoms with van der Waals surface area (Å²) in [5.41, 5.74) is 1.23. The molecule has 0 aliphatic carbocycles. The summed E-state index contributed by atoms with van der Waals surface area (Å²) in [6.07, 6.45) is 2.99. The summed E-state index contributed by atoms with van der Waals surface area (Å²) in [5, 5.41) is 1.51. The zero-order chi connectivity index (χ0) is 12.2. The zero-order valence-electron chi connectivity index (χ0n) is 9.69. The van der Waals surface area contributed by atoms with E-state index in [1.807, 2.05) is 18.2 Å². The Bertz CT molecular complexity index is 335. The van der Waals surface area contributed by atoms with Crippen LogP contribution >= 0.6 is 34.8 Å². The largest absolute Gasteiger partial charge is 0.126 e. The van der Waals surface area contributed by atoms with Crippen molar-refractivity contribution in [3.05, 3.63) is 33.8 Å². The van der Waals surface area contributed by atoms with Crippen LogP contribution in [-0.2, 0) is 6.42 Å². The summed E-state index contributed by atoms with van der Waals surface area (Å²) in [6.45, 7) is 4.34. The fourth-order valence-electron chi connectivity index (χ4n) is 1.82. The summed E-state index contributed by atoms with van der Waals surface area (Å²) < 4.78 is 0. The topological polar surface area (TPSA) is 0 Å². The number of rotatable bonds is 5. The van der Waals surface area contributed by atoms with E-state index in [0.717, 1.165) is 34.9 Å². The highest BCUT2D eigenvalue weighted by Crippen LogP contribution is 2.35. The minimum absolute atomic E-state index is 0.135. The lowest BCUT2D eigenvalue weighted by molar-refractivity contribution is 0.302. The van der Waals surface area contributed by atoms with Crippen molar-refractivity contribution in [1.29, 1.82) is 0 Å². The summed E-state index contributed by atoms with van der Waals surface area (Å²) in [5.74, 6) is 0.656. The number of halogens is 3. The fourth-order valence-corrected chi connectivity index (χ4v) is 2.67. The molecular weight excluding hydrogens is 263 g/mol. The van der Waals surface area contributed by atoms with Crippen molar-refractivity contribution in [2.75, 3.05) is 5.88 Å². The lowest BCUT2D eigenvalue weighted by atomic mass is 9.79. The maximum Gasteiger partial charge on any atom is 0.0439 e. The van der Waals surface area contributed by atoms with Crippen LogP contribution in [0.4, 0.5) is 0 Å². The van der Waals surface area contributed by atoms with Crippen molar-refractivity contribution in [3.63, 3.8) is 0 Å². The summed E-state index contributed by atoms with van der Waals surface area (Å²) in [7, 11) is 0. The molecule has 0 aliphatic rings. The van der Waals surface area contributed by atoms with E-state index < -0.39 is 0 Å². The van der Waals surface area contributed by atoms with Gasteiger partial charge in [-0.15, -0.1) is 11.6 Å². The van der Waals surface area contributed by atoms with Gasteiger partial charge in [-0.25, -0.2) is 0 Å². The Balaban J connectivity index is 2.97. The molecule has 0 aliphatic heterocycles. The third-order valence-corrected chi connectivity index (χ3v) is 4.53. The van der Waals surface area contributed by atoms with E-state index in [-0.39, 0.29) is 5.41 Å². The van der Waals surface area contributed by atoms with E-state index in [2.05, 4.69) is 13.8 Å². The first-order valence-corrected chi connectivity index (χ1v) is 6.86. The second-order valence-electron chi connectivity index (χ2n) is 4.25. The minimum atomic E-state index is 0.135. The average molecular weight is 280 g/mol. The minimum Gasteiger partial charge on any atom is -0.126 e. The van der Waals surface area contributed by atoms with Crippen molar-refractivity contribution in [3.8, 4) is 0 Å². The van der Waals surface area contributed by atoms with Gasteiger partial charge in [0.2, 0.25) is 0 Å². The Kier molecular flexibility index (Phi) is 5.43. The van der Waals surface area contributed by atoms with Crippen LogP contribution in [0.15, 0.2) is 18.2 Å². The second-order valence-corrected chi connectivity index (χ2v) is 5.36. The first-order valence-electron chi connectivity index (χ1n) is 5.57. The lowest BCUT2D eigenvalue weighted by Gasteiger charge is -2.29. The monoisotopic (exact) mass is 278 g/mol. The molecule has 0 N–H and O–H groups in total. The van der Waals surface area contributed by atoms with Crippen molar-refractivity contribution >= 4 is 34.8 Å². The SMILES string of the molecule is CCC(CC)(CCl)Cc1cc(Cl)ccc1Cl. The van der Waals surface area contributed by atoms with Gasteiger partial charge < -0.3 is 0 Å². The first kappa shape index (κ1) is 14.2. The van der Waals surface area contributed by atoms with Gasteiger partial charge in [-0.05, 0) is 48.4 Å².